The monoisotopic (exact) mass is 569 g/mol. The number of hydrogen-bond donors (Lipinski definition) is 4. The first-order valence-corrected chi connectivity index (χ1v) is 13.4. The quantitative estimate of drug-likeness (QED) is 0.209. The minimum Gasteiger partial charge on any atom is -0.381 e. The van der Waals surface area contributed by atoms with Crippen LogP contribution in [0.1, 0.15) is 53.0 Å². The predicted octanol–water partition coefficient (Wildman–Crippen LogP) is 1.73. The molecule has 4 N–H and O–H groups in total. The van der Waals surface area contributed by atoms with E-state index in [2.05, 4.69) is 20.7 Å². The minimum atomic E-state index is -3.17. The van der Waals surface area contributed by atoms with E-state index in [1.807, 2.05) is 19.9 Å². The number of rotatable bonds is 17. The molecule has 1 aliphatic rings. The van der Waals surface area contributed by atoms with Crippen molar-refractivity contribution < 1.29 is 42.5 Å². The molecule has 0 radical (unpaired) electrons. The van der Waals surface area contributed by atoms with E-state index >= 15 is 0 Å². The molecule has 0 aromatic heterocycles. The summed E-state index contributed by atoms with van der Waals surface area (Å²) in [5.41, 5.74) is -0.205. The number of ketones is 1. The summed E-state index contributed by atoms with van der Waals surface area (Å²) < 4.78 is 33.9. The highest BCUT2D eigenvalue weighted by Gasteiger charge is 2.50. The number of carbonyl (C=O) groups excluding carboxylic acids is 4. The molecule has 1 fully saturated rings. The number of epoxide rings is 1. The average Bonchev–Trinajstić information content (AvgIpc) is 3.63. The number of aliphatic hydroxyl groups excluding tert-OH is 1. The Morgan fingerprint density at radius 2 is 1.40 bits per heavy atom. The molecule has 1 aromatic carbocycles. The first kappa shape index (κ1) is 33.2. The van der Waals surface area contributed by atoms with Gasteiger partial charge < -0.3 is 30.5 Å². The van der Waals surface area contributed by atoms with Crippen LogP contribution < -0.4 is 16.0 Å². The zero-order valence-electron chi connectivity index (χ0n) is 23.6. The van der Waals surface area contributed by atoms with Gasteiger partial charge in [0.25, 0.3) is 5.91 Å². The Morgan fingerprint density at radius 3 is 1.93 bits per heavy atom. The summed E-state index contributed by atoms with van der Waals surface area (Å²) in [5.74, 6) is -2.59. The van der Waals surface area contributed by atoms with Crippen molar-refractivity contribution >= 4 is 23.5 Å². The molecule has 40 heavy (non-hydrogen) atoms. The van der Waals surface area contributed by atoms with Crippen molar-refractivity contribution in [3.8, 4) is 0 Å². The average molecular weight is 570 g/mol. The lowest BCUT2D eigenvalue weighted by atomic mass is 9.93. The van der Waals surface area contributed by atoms with Crippen LogP contribution in [-0.2, 0) is 35.1 Å². The number of Topliss-reactive ketones (excluding diaryl/α,β-unsaturated/α-hetero) is 1. The van der Waals surface area contributed by atoms with Gasteiger partial charge in [0.2, 0.25) is 11.8 Å². The van der Waals surface area contributed by atoms with Crippen LogP contribution in [0, 0.1) is 11.8 Å². The number of benzene rings is 1. The van der Waals surface area contributed by atoms with Gasteiger partial charge in [0.05, 0.1) is 19.3 Å². The third-order valence-electron chi connectivity index (χ3n) is 6.38. The molecule has 1 aliphatic heterocycles. The van der Waals surface area contributed by atoms with Crippen LogP contribution in [-0.4, -0.2) is 78.3 Å². The molecule has 1 unspecified atom stereocenters. The van der Waals surface area contributed by atoms with Crippen LogP contribution in [0.25, 0.3) is 0 Å². The Balaban J connectivity index is 2.23. The zero-order chi connectivity index (χ0) is 30.0. The van der Waals surface area contributed by atoms with Gasteiger partial charge in [-0.3, -0.25) is 19.2 Å². The largest absolute Gasteiger partial charge is 0.381 e. The van der Waals surface area contributed by atoms with Gasteiger partial charge in [-0.15, -0.1) is 0 Å². The van der Waals surface area contributed by atoms with E-state index in [1.54, 1.807) is 45.0 Å². The maximum atomic E-state index is 13.5. The highest BCUT2D eigenvalue weighted by Crippen LogP contribution is 2.29. The number of ether oxygens (including phenoxy) is 2. The smallest absolute Gasteiger partial charge is 0.345 e. The van der Waals surface area contributed by atoms with E-state index in [4.69, 9.17) is 4.74 Å². The Kier molecular flexibility index (Phi) is 12.6. The summed E-state index contributed by atoms with van der Waals surface area (Å²) in [7, 11) is 0. The third kappa shape index (κ3) is 10.9. The summed E-state index contributed by atoms with van der Waals surface area (Å²) in [6.07, 6.45) is -1.31. The van der Waals surface area contributed by atoms with Gasteiger partial charge in [-0.1, -0.05) is 58.0 Å². The van der Waals surface area contributed by atoms with E-state index in [9.17, 15) is 33.1 Å². The second-order valence-electron chi connectivity index (χ2n) is 11.1. The van der Waals surface area contributed by atoms with Gasteiger partial charge in [-0.05, 0) is 37.2 Å². The first-order valence-electron chi connectivity index (χ1n) is 13.4. The highest BCUT2D eigenvalue weighted by molar-refractivity contribution is 5.98. The van der Waals surface area contributed by atoms with E-state index in [-0.39, 0.29) is 37.1 Å². The summed E-state index contributed by atoms with van der Waals surface area (Å²) in [6.45, 7) is 5.27. The predicted molar refractivity (Wildman–Crippen MR) is 142 cm³/mol. The van der Waals surface area contributed by atoms with Crippen molar-refractivity contribution in [2.75, 3.05) is 13.2 Å². The number of amides is 3. The van der Waals surface area contributed by atoms with E-state index in [0.717, 1.165) is 5.56 Å². The molecule has 1 aromatic rings. The summed E-state index contributed by atoms with van der Waals surface area (Å²) in [6, 6.07) is 5.84. The Morgan fingerprint density at radius 1 is 0.900 bits per heavy atom. The fraction of sp³-hybridized carbons (Fsp3) is 0.643. The molecule has 0 saturated carbocycles. The lowest BCUT2D eigenvalue weighted by molar-refractivity contribution is -0.158. The number of halogens is 2. The SMILES string of the molecule is CC(C)CC(NC(=O)[C@@H](O)COC(F)F)C(=O)N[C@@H](Cc1ccccc1)C(=O)N[C@@H](CC(C)C)C(=O)[C@@]1(C)CO1. The van der Waals surface area contributed by atoms with Crippen LogP contribution in [0.5, 0.6) is 0 Å². The third-order valence-corrected chi connectivity index (χ3v) is 6.38. The van der Waals surface area contributed by atoms with Gasteiger partial charge in [-0.2, -0.15) is 8.78 Å². The van der Waals surface area contributed by atoms with E-state index in [1.165, 1.54) is 0 Å². The first-order chi connectivity index (χ1) is 18.7. The molecule has 0 bridgehead atoms. The van der Waals surface area contributed by atoms with Crippen LogP contribution >= 0.6 is 0 Å². The van der Waals surface area contributed by atoms with Gasteiger partial charge in [0, 0.05) is 6.42 Å². The molecule has 0 spiro atoms. The molecule has 2 rings (SSSR count). The van der Waals surface area contributed by atoms with Crippen LogP contribution in [0.15, 0.2) is 30.3 Å². The van der Waals surface area contributed by atoms with Crippen LogP contribution in [0.3, 0.4) is 0 Å². The molecule has 10 nitrogen and oxygen atoms in total. The Labute approximate surface area is 233 Å². The molecule has 0 aliphatic carbocycles. The number of alkyl halides is 2. The van der Waals surface area contributed by atoms with Gasteiger partial charge in [0.15, 0.2) is 11.9 Å². The van der Waals surface area contributed by atoms with Gasteiger partial charge in [0.1, 0.15) is 17.7 Å². The molecule has 12 heteroatoms. The summed E-state index contributed by atoms with van der Waals surface area (Å²) in [4.78, 5) is 52.3. The zero-order valence-corrected chi connectivity index (χ0v) is 23.6. The van der Waals surface area contributed by atoms with Crippen molar-refractivity contribution in [2.45, 2.75) is 90.3 Å². The van der Waals surface area contributed by atoms with Crippen LogP contribution in [0.4, 0.5) is 8.78 Å². The number of carbonyl (C=O) groups is 4. The van der Waals surface area contributed by atoms with E-state index < -0.39 is 60.8 Å². The van der Waals surface area contributed by atoms with Gasteiger partial charge >= 0.3 is 6.61 Å². The second-order valence-corrected chi connectivity index (χ2v) is 11.1. The van der Waals surface area contributed by atoms with Crippen LogP contribution in [0.2, 0.25) is 0 Å². The van der Waals surface area contributed by atoms with Crippen molar-refractivity contribution in [3.63, 3.8) is 0 Å². The molecule has 1 heterocycles. The Bertz CT molecular complexity index is 1000. The van der Waals surface area contributed by atoms with Crippen molar-refractivity contribution in [1.29, 1.82) is 0 Å². The molecule has 5 atom stereocenters. The van der Waals surface area contributed by atoms with Crippen molar-refractivity contribution in [1.82, 2.24) is 16.0 Å². The number of hydrogen-bond acceptors (Lipinski definition) is 7. The standard InChI is InChI=1S/C28H41F2N3O7/c1-16(2)11-19(23(35)28(5)15-40-28)31-25(37)21(13-18-9-7-6-8-10-18)32-24(36)20(12-17(3)4)33-26(38)22(34)14-39-27(29)30/h6-10,16-17,19-22,27,34H,11-15H2,1-5H3,(H,31,37)(H,32,36)(H,33,38)/t19-,20?,21-,22-,28+/m0/s1. The molecular weight excluding hydrogens is 528 g/mol. The normalized spacial score (nSPS) is 19.6. The fourth-order valence-corrected chi connectivity index (χ4v) is 4.14. The highest BCUT2D eigenvalue weighted by atomic mass is 19.3. The number of nitrogens with one attached hydrogen (secondary N) is 3. The lowest BCUT2D eigenvalue weighted by Crippen LogP contribution is -2.58. The second kappa shape index (κ2) is 15.2. The maximum Gasteiger partial charge on any atom is 0.345 e. The number of aliphatic hydroxyl groups is 1. The Hall–Kier alpha value is -2.96. The van der Waals surface area contributed by atoms with Gasteiger partial charge in [-0.25, -0.2) is 0 Å². The van der Waals surface area contributed by atoms with E-state index in [0.29, 0.717) is 6.42 Å². The molecule has 1 saturated heterocycles. The molecule has 3 amide bonds. The maximum absolute atomic E-state index is 13.5. The van der Waals surface area contributed by atoms with Crippen molar-refractivity contribution in [3.05, 3.63) is 35.9 Å². The summed E-state index contributed by atoms with van der Waals surface area (Å²) in [5, 5.41) is 17.7. The van der Waals surface area contributed by atoms with Crippen molar-refractivity contribution in [2.24, 2.45) is 11.8 Å². The summed E-state index contributed by atoms with van der Waals surface area (Å²) >= 11 is 0. The topological polar surface area (TPSA) is 146 Å². The molecule has 224 valence electrons. The lowest BCUT2D eigenvalue weighted by Gasteiger charge is -2.27. The fourth-order valence-electron chi connectivity index (χ4n) is 4.14. The molecular formula is C28H41F2N3O7. The minimum absolute atomic E-state index is 0.0840.